The van der Waals surface area contributed by atoms with E-state index in [2.05, 4.69) is 46.0 Å². The van der Waals surface area contributed by atoms with Gasteiger partial charge < -0.3 is 4.90 Å². The number of aryl methyl sites for hydroxylation is 1. The van der Waals surface area contributed by atoms with E-state index in [4.69, 9.17) is 4.98 Å². The van der Waals surface area contributed by atoms with Gasteiger partial charge in [0.25, 0.3) is 0 Å². The lowest BCUT2D eigenvalue weighted by Crippen LogP contribution is -2.46. The third-order valence-corrected chi connectivity index (χ3v) is 6.62. The van der Waals surface area contributed by atoms with E-state index >= 15 is 0 Å². The zero-order valence-electron chi connectivity index (χ0n) is 18.0. The zero-order chi connectivity index (χ0) is 19.9. The molecule has 0 N–H and O–H groups in total. The third-order valence-electron chi connectivity index (χ3n) is 6.62. The number of rotatable bonds is 7. The summed E-state index contributed by atoms with van der Waals surface area (Å²) in [5.41, 5.74) is 3.57. The van der Waals surface area contributed by atoms with Crippen molar-refractivity contribution in [1.29, 1.82) is 0 Å². The van der Waals surface area contributed by atoms with Crippen molar-refractivity contribution in [3.05, 3.63) is 59.7 Å². The molecule has 0 radical (unpaired) electrons. The highest BCUT2D eigenvalue weighted by molar-refractivity contribution is 5.12. The fraction of sp³-hybridized carbons (Fsp3) is 0.600. The van der Waals surface area contributed by atoms with Gasteiger partial charge in [0.1, 0.15) is 0 Å². The van der Waals surface area contributed by atoms with Crippen LogP contribution in [0.3, 0.4) is 0 Å². The maximum atomic E-state index is 4.77. The minimum absolute atomic E-state index is 0.757. The zero-order valence-corrected chi connectivity index (χ0v) is 18.0. The van der Waals surface area contributed by atoms with E-state index in [1.165, 1.54) is 69.3 Å². The van der Waals surface area contributed by atoms with E-state index in [1.54, 1.807) is 0 Å². The Kier molecular flexibility index (Phi) is 7.28. The van der Waals surface area contributed by atoms with Crippen LogP contribution in [0.25, 0.3) is 0 Å². The summed E-state index contributed by atoms with van der Waals surface area (Å²) in [6, 6.07) is 11.5. The molecule has 2 aromatic heterocycles. The quantitative estimate of drug-likeness (QED) is 0.675. The second-order valence-electron chi connectivity index (χ2n) is 9.10. The predicted molar refractivity (Wildman–Crippen MR) is 118 cm³/mol. The first kappa shape index (κ1) is 20.5. The highest BCUT2D eigenvalue weighted by Crippen LogP contribution is 2.28. The van der Waals surface area contributed by atoms with E-state index < -0.39 is 0 Å². The van der Waals surface area contributed by atoms with Crippen LogP contribution in [0.1, 0.15) is 61.9 Å². The SMILES string of the molecule is Cc1cccc(CN(Cc2cccnc2)CC2CCCN(C3CCCCC3)C2)n1. The fourth-order valence-electron chi connectivity index (χ4n) is 5.24. The minimum Gasteiger partial charge on any atom is -0.300 e. The Hall–Kier alpha value is -1.78. The summed E-state index contributed by atoms with van der Waals surface area (Å²) in [7, 11) is 0. The van der Waals surface area contributed by atoms with Gasteiger partial charge in [0.15, 0.2) is 0 Å². The van der Waals surface area contributed by atoms with Crippen LogP contribution in [-0.4, -0.2) is 45.4 Å². The Bertz CT molecular complexity index is 741. The Morgan fingerprint density at radius 2 is 1.90 bits per heavy atom. The lowest BCUT2D eigenvalue weighted by Gasteiger charge is -2.41. The normalized spacial score (nSPS) is 21.5. The van der Waals surface area contributed by atoms with Crippen molar-refractivity contribution in [3.8, 4) is 0 Å². The molecule has 1 aliphatic carbocycles. The Labute approximate surface area is 176 Å². The molecule has 29 heavy (non-hydrogen) atoms. The number of pyridine rings is 2. The maximum absolute atomic E-state index is 4.77. The van der Waals surface area contributed by atoms with E-state index in [1.807, 2.05) is 18.5 Å². The molecule has 0 bridgehead atoms. The standard InChI is InChI=1S/C25H36N4/c1-21-8-5-11-24(27-21)20-28(17-22-9-6-14-26-16-22)18-23-10-7-15-29(19-23)25-12-3-2-4-13-25/h5-6,8-9,11,14,16,23,25H,2-4,7,10,12-13,15,17-20H2,1H3. The summed E-state index contributed by atoms with van der Waals surface area (Å²) in [5.74, 6) is 0.757. The molecule has 4 rings (SSSR count). The number of piperidine rings is 1. The monoisotopic (exact) mass is 392 g/mol. The molecule has 1 saturated heterocycles. The maximum Gasteiger partial charge on any atom is 0.0547 e. The summed E-state index contributed by atoms with van der Waals surface area (Å²) in [5, 5.41) is 0. The van der Waals surface area contributed by atoms with Gasteiger partial charge >= 0.3 is 0 Å². The molecule has 2 aliphatic rings. The smallest absolute Gasteiger partial charge is 0.0547 e. The van der Waals surface area contributed by atoms with Crippen LogP contribution < -0.4 is 0 Å². The number of nitrogens with zero attached hydrogens (tertiary/aromatic N) is 4. The lowest BCUT2D eigenvalue weighted by atomic mass is 9.90. The molecule has 2 fully saturated rings. The summed E-state index contributed by atoms with van der Waals surface area (Å²) in [6.45, 7) is 7.67. The van der Waals surface area contributed by atoms with Crippen molar-refractivity contribution in [3.63, 3.8) is 0 Å². The van der Waals surface area contributed by atoms with Gasteiger partial charge in [-0.15, -0.1) is 0 Å². The first-order valence-corrected chi connectivity index (χ1v) is 11.5. The van der Waals surface area contributed by atoms with Crippen LogP contribution in [0.5, 0.6) is 0 Å². The largest absolute Gasteiger partial charge is 0.300 e. The van der Waals surface area contributed by atoms with Crippen molar-refractivity contribution in [1.82, 2.24) is 19.8 Å². The van der Waals surface area contributed by atoms with Gasteiger partial charge in [0.05, 0.1) is 5.69 Å². The van der Waals surface area contributed by atoms with E-state index in [9.17, 15) is 0 Å². The fourth-order valence-corrected chi connectivity index (χ4v) is 5.24. The Balaban J connectivity index is 1.42. The van der Waals surface area contributed by atoms with Crippen LogP contribution in [0.2, 0.25) is 0 Å². The van der Waals surface area contributed by atoms with Gasteiger partial charge in [-0.05, 0) is 68.8 Å². The summed E-state index contributed by atoms with van der Waals surface area (Å²) >= 11 is 0. The average Bonchev–Trinajstić information content (AvgIpc) is 2.75. The van der Waals surface area contributed by atoms with Gasteiger partial charge in [-0.25, -0.2) is 0 Å². The van der Waals surface area contributed by atoms with Crippen LogP contribution in [0, 0.1) is 12.8 Å². The highest BCUT2D eigenvalue weighted by atomic mass is 15.2. The Morgan fingerprint density at radius 1 is 1.00 bits per heavy atom. The van der Waals surface area contributed by atoms with E-state index in [0.29, 0.717) is 0 Å². The van der Waals surface area contributed by atoms with Crippen molar-refractivity contribution in [2.75, 3.05) is 19.6 Å². The molecule has 0 amide bonds. The van der Waals surface area contributed by atoms with Crippen molar-refractivity contribution >= 4 is 0 Å². The molecule has 1 unspecified atom stereocenters. The van der Waals surface area contributed by atoms with Crippen LogP contribution >= 0.6 is 0 Å². The predicted octanol–water partition coefficient (Wildman–Crippen LogP) is 4.83. The number of hydrogen-bond donors (Lipinski definition) is 0. The first-order chi connectivity index (χ1) is 14.3. The molecule has 156 valence electrons. The molecule has 4 nitrogen and oxygen atoms in total. The molecular formula is C25H36N4. The number of hydrogen-bond acceptors (Lipinski definition) is 4. The average molecular weight is 393 g/mol. The molecule has 2 aromatic rings. The topological polar surface area (TPSA) is 32.3 Å². The Morgan fingerprint density at radius 3 is 2.69 bits per heavy atom. The van der Waals surface area contributed by atoms with Crippen molar-refractivity contribution in [2.45, 2.75) is 71.0 Å². The first-order valence-electron chi connectivity index (χ1n) is 11.5. The molecule has 1 aliphatic heterocycles. The van der Waals surface area contributed by atoms with Gasteiger partial charge in [-0.1, -0.05) is 31.4 Å². The molecular weight excluding hydrogens is 356 g/mol. The number of aromatic nitrogens is 2. The van der Waals surface area contributed by atoms with E-state index in [0.717, 1.165) is 37.3 Å². The van der Waals surface area contributed by atoms with Crippen LogP contribution in [0.15, 0.2) is 42.7 Å². The summed E-state index contributed by atoms with van der Waals surface area (Å²) in [4.78, 5) is 14.5. The number of likely N-dealkylation sites (tertiary alicyclic amines) is 1. The second-order valence-corrected chi connectivity index (χ2v) is 9.10. The van der Waals surface area contributed by atoms with Gasteiger partial charge in [0, 0.05) is 50.3 Å². The summed E-state index contributed by atoms with van der Waals surface area (Å²) < 4.78 is 0. The lowest BCUT2D eigenvalue weighted by molar-refractivity contribution is 0.0768. The molecule has 1 saturated carbocycles. The highest BCUT2D eigenvalue weighted by Gasteiger charge is 2.28. The third kappa shape index (κ3) is 6.10. The van der Waals surface area contributed by atoms with Gasteiger partial charge in [-0.3, -0.25) is 14.9 Å². The molecule has 3 heterocycles. The van der Waals surface area contributed by atoms with Crippen LogP contribution in [-0.2, 0) is 13.1 Å². The van der Waals surface area contributed by atoms with E-state index in [-0.39, 0.29) is 0 Å². The molecule has 0 spiro atoms. The van der Waals surface area contributed by atoms with Gasteiger partial charge in [-0.2, -0.15) is 0 Å². The second kappa shape index (κ2) is 10.3. The minimum atomic E-state index is 0.757. The summed E-state index contributed by atoms with van der Waals surface area (Å²) in [6.07, 6.45) is 13.7. The molecule has 4 heteroatoms. The molecule has 1 atom stereocenters. The van der Waals surface area contributed by atoms with Crippen molar-refractivity contribution < 1.29 is 0 Å². The van der Waals surface area contributed by atoms with Crippen LogP contribution in [0.4, 0.5) is 0 Å². The molecule has 0 aromatic carbocycles. The van der Waals surface area contributed by atoms with Crippen molar-refractivity contribution in [2.24, 2.45) is 5.92 Å². The van der Waals surface area contributed by atoms with Gasteiger partial charge in [0.2, 0.25) is 0 Å².